The Morgan fingerprint density at radius 3 is 2.32 bits per heavy atom. The molecule has 0 aromatic heterocycles. The summed E-state index contributed by atoms with van der Waals surface area (Å²) in [5.74, 6) is -0.261. The maximum absolute atomic E-state index is 13.1. The van der Waals surface area contributed by atoms with Crippen LogP contribution in [0.1, 0.15) is 16.7 Å². The van der Waals surface area contributed by atoms with Gasteiger partial charge in [-0.05, 0) is 79.1 Å². The van der Waals surface area contributed by atoms with Crippen molar-refractivity contribution in [2.45, 2.75) is 13.8 Å². The molecule has 0 unspecified atom stereocenters. The van der Waals surface area contributed by atoms with Crippen LogP contribution in [0.15, 0.2) is 60.2 Å². The summed E-state index contributed by atoms with van der Waals surface area (Å²) >= 11 is 12.4. The average molecular weight is 555 g/mol. The summed E-state index contributed by atoms with van der Waals surface area (Å²) in [6.45, 7) is 4.42. The second kappa shape index (κ2) is 11.6. The van der Waals surface area contributed by atoms with E-state index in [0.29, 0.717) is 22.1 Å². The van der Waals surface area contributed by atoms with Crippen molar-refractivity contribution in [1.82, 2.24) is 5.32 Å². The third kappa shape index (κ3) is 5.93. The minimum atomic E-state index is -0.859. The Labute approximate surface area is 229 Å². The van der Waals surface area contributed by atoms with Crippen LogP contribution < -0.4 is 24.4 Å². The summed E-state index contributed by atoms with van der Waals surface area (Å²) in [4.78, 5) is 38.9. The van der Waals surface area contributed by atoms with Crippen LogP contribution in [0.5, 0.6) is 17.2 Å². The maximum Gasteiger partial charge on any atom is 0.335 e. The molecule has 196 valence electrons. The number of hydrogen-bond acceptors (Lipinski definition) is 6. The van der Waals surface area contributed by atoms with Crippen molar-refractivity contribution in [3.05, 3.63) is 86.9 Å². The largest absolute Gasteiger partial charge is 0.493 e. The van der Waals surface area contributed by atoms with Crippen molar-refractivity contribution in [2.75, 3.05) is 25.2 Å². The minimum Gasteiger partial charge on any atom is -0.493 e. The number of anilines is 1. The monoisotopic (exact) mass is 554 g/mol. The number of halogens is 2. The van der Waals surface area contributed by atoms with Gasteiger partial charge in [-0.1, -0.05) is 35.3 Å². The van der Waals surface area contributed by atoms with Crippen molar-refractivity contribution < 1.29 is 28.6 Å². The Kier molecular flexibility index (Phi) is 8.24. The Morgan fingerprint density at radius 2 is 1.61 bits per heavy atom. The van der Waals surface area contributed by atoms with E-state index in [1.807, 2.05) is 32.0 Å². The van der Waals surface area contributed by atoms with Crippen molar-refractivity contribution in [2.24, 2.45) is 0 Å². The van der Waals surface area contributed by atoms with Gasteiger partial charge in [0.2, 0.25) is 0 Å². The van der Waals surface area contributed by atoms with Gasteiger partial charge >= 0.3 is 6.03 Å². The van der Waals surface area contributed by atoms with E-state index < -0.39 is 17.8 Å². The molecule has 3 aromatic rings. The lowest BCUT2D eigenvalue weighted by atomic mass is 10.1. The predicted octanol–water partition coefficient (Wildman–Crippen LogP) is 5.74. The number of imide groups is 2. The van der Waals surface area contributed by atoms with Crippen LogP contribution in [-0.2, 0) is 9.59 Å². The number of urea groups is 1. The van der Waals surface area contributed by atoms with Gasteiger partial charge in [0.15, 0.2) is 11.5 Å². The number of rotatable bonds is 8. The number of aryl methyl sites for hydroxylation is 2. The zero-order valence-electron chi connectivity index (χ0n) is 20.8. The molecule has 1 heterocycles. The lowest BCUT2D eigenvalue weighted by molar-refractivity contribution is -0.122. The van der Waals surface area contributed by atoms with Crippen molar-refractivity contribution in [1.29, 1.82) is 0 Å². The Bertz CT molecular complexity index is 1440. The van der Waals surface area contributed by atoms with E-state index in [2.05, 4.69) is 5.32 Å². The fourth-order valence-electron chi connectivity index (χ4n) is 3.77. The molecule has 1 fully saturated rings. The predicted molar refractivity (Wildman–Crippen MR) is 145 cm³/mol. The van der Waals surface area contributed by atoms with E-state index in [0.717, 1.165) is 21.8 Å². The molecule has 1 aliphatic rings. The van der Waals surface area contributed by atoms with E-state index in [4.69, 9.17) is 37.4 Å². The van der Waals surface area contributed by atoms with Gasteiger partial charge < -0.3 is 14.2 Å². The number of amides is 4. The normalized spacial score (nSPS) is 14.5. The highest BCUT2D eigenvalue weighted by atomic mass is 35.5. The van der Waals surface area contributed by atoms with Gasteiger partial charge in [0.25, 0.3) is 11.8 Å². The highest BCUT2D eigenvalue weighted by Crippen LogP contribution is 2.37. The lowest BCUT2D eigenvalue weighted by Gasteiger charge is -2.26. The molecular weight excluding hydrogens is 531 g/mol. The Hall–Kier alpha value is -4.01. The van der Waals surface area contributed by atoms with Crippen molar-refractivity contribution in [3.63, 3.8) is 0 Å². The molecule has 0 atom stereocenters. The van der Waals surface area contributed by atoms with Crippen LogP contribution in [0.3, 0.4) is 0 Å². The Morgan fingerprint density at radius 1 is 0.895 bits per heavy atom. The average Bonchev–Trinajstić information content (AvgIpc) is 2.88. The summed E-state index contributed by atoms with van der Waals surface area (Å²) in [5.41, 5.74) is 2.51. The van der Waals surface area contributed by atoms with Gasteiger partial charge in [0.05, 0.1) is 17.8 Å². The summed E-state index contributed by atoms with van der Waals surface area (Å²) in [6.07, 6.45) is 1.33. The SMILES string of the molecule is COc1cc(/C=C2/C(=O)NC(=O)N(c3ccc(Cl)cc3)C2=O)cc(Cl)c1OCCOc1cc(C)ccc1C. The number of barbiturate groups is 1. The third-order valence-corrected chi connectivity index (χ3v) is 6.21. The van der Waals surface area contributed by atoms with Crippen LogP contribution in [0.4, 0.5) is 10.5 Å². The van der Waals surface area contributed by atoms with Gasteiger partial charge in [-0.25, -0.2) is 9.69 Å². The highest BCUT2D eigenvalue weighted by molar-refractivity contribution is 6.39. The number of carbonyl (C=O) groups is 3. The zero-order chi connectivity index (χ0) is 27.4. The molecule has 0 aliphatic carbocycles. The minimum absolute atomic E-state index is 0.197. The topological polar surface area (TPSA) is 94.2 Å². The molecule has 4 amide bonds. The maximum atomic E-state index is 13.1. The smallest absolute Gasteiger partial charge is 0.335 e. The molecule has 4 rings (SSSR count). The number of hydrogen-bond donors (Lipinski definition) is 1. The summed E-state index contributed by atoms with van der Waals surface area (Å²) in [6, 6.07) is 14.3. The summed E-state index contributed by atoms with van der Waals surface area (Å²) in [7, 11) is 1.45. The van der Waals surface area contributed by atoms with Crippen LogP contribution >= 0.6 is 23.2 Å². The quantitative estimate of drug-likeness (QED) is 0.216. The number of carbonyl (C=O) groups excluding carboxylic acids is 3. The molecule has 0 spiro atoms. The van der Waals surface area contributed by atoms with Crippen LogP contribution in [0.25, 0.3) is 6.08 Å². The number of nitrogens with one attached hydrogen (secondary N) is 1. The fraction of sp³-hybridized carbons (Fsp3) is 0.179. The second-order valence-electron chi connectivity index (χ2n) is 8.43. The zero-order valence-corrected chi connectivity index (χ0v) is 22.4. The molecule has 10 heteroatoms. The molecule has 0 bridgehead atoms. The second-order valence-corrected chi connectivity index (χ2v) is 9.28. The van der Waals surface area contributed by atoms with E-state index >= 15 is 0 Å². The van der Waals surface area contributed by atoms with Crippen LogP contribution in [0.2, 0.25) is 10.0 Å². The lowest BCUT2D eigenvalue weighted by Crippen LogP contribution is -2.54. The van der Waals surface area contributed by atoms with Crippen LogP contribution in [-0.4, -0.2) is 38.2 Å². The molecule has 38 heavy (non-hydrogen) atoms. The first-order chi connectivity index (χ1) is 18.2. The van der Waals surface area contributed by atoms with Gasteiger partial charge in [-0.3, -0.25) is 14.9 Å². The molecule has 1 N–H and O–H groups in total. The molecule has 0 radical (unpaired) electrons. The number of nitrogens with zero attached hydrogens (tertiary/aromatic N) is 1. The molecule has 8 nitrogen and oxygen atoms in total. The van der Waals surface area contributed by atoms with Gasteiger partial charge in [-0.2, -0.15) is 0 Å². The summed E-state index contributed by atoms with van der Waals surface area (Å²) in [5, 5.41) is 2.82. The first-order valence-electron chi connectivity index (χ1n) is 11.6. The van der Waals surface area contributed by atoms with E-state index in [9.17, 15) is 14.4 Å². The van der Waals surface area contributed by atoms with Gasteiger partial charge in [0.1, 0.15) is 24.5 Å². The standard InChI is InChI=1S/C28H24Cl2N2O6/c1-16-4-5-17(2)23(12-16)37-10-11-38-25-22(30)14-18(15-24(25)36-3)13-21-26(33)31-28(35)32(27(21)34)20-8-6-19(29)7-9-20/h4-9,12-15H,10-11H2,1-3H3,(H,31,33,35)/b21-13-. The molecule has 0 saturated carbocycles. The van der Waals surface area contributed by atoms with Gasteiger partial charge in [-0.15, -0.1) is 0 Å². The van der Waals surface area contributed by atoms with Gasteiger partial charge in [0, 0.05) is 5.02 Å². The third-order valence-electron chi connectivity index (χ3n) is 5.68. The first kappa shape index (κ1) is 27.0. The summed E-state index contributed by atoms with van der Waals surface area (Å²) < 4.78 is 17.1. The number of benzene rings is 3. The Balaban J connectivity index is 1.52. The first-order valence-corrected chi connectivity index (χ1v) is 12.3. The molecule has 1 aliphatic heterocycles. The van der Waals surface area contributed by atoms with E-state index in [-0.39, 0.29) is 29.5 Å². The molecule has 1 saturated heterocycles. The van der Waals surface area contributed by atoms with E-state index in [1.54, 1.807) is 6.07 Å². The molecule has 3 aromatic carbocycles. The molecular formula is C28H24Cl2N2O6. The van der Waals surface area contributed by atoms with Crippen LogP contribution in [0, 0.1) is 13.8 Å². The highest BCUT2D eigenvalue weighted by Gasteiger charge is 2.36. The van der Waals surface area contributed by atoms with Crippen molar-refractivity contribution >= 4 is 52.8 Å². The fourth-order valence-corrected chi connectivity index (χ4v) is 4.17. The number of methoxy groups -OCH3 is 1. The van der Waals surface area contributed by atoms with E-state index in [1.165, 1.54) is 43.5 Å². The number of ether oxygens (including phenoxy) is 3. The van der Waals surface area contributed by atoms with Crippen molar-refractivity contribution in [3.8, 4) is 17.2 Å².